The Morgan fingerprint density at radius 2 is 1.79 bits per heavy atom. The number of hydrogen-bond acceptors (Lipinski definition) is 3. The van der Waals surface area contributed by atoms with Gasteiger partial charge in [0, 0.05) is 36.8 Å². The quantitative estimate of drug-likeness (QED) is 0.778. The van der Waals surface area contributed by atoms with Gasteiger partial charge in [0.1, 0.15) is 0 Å². The summed E-state index contributed by atoms with van der Waals surface area (Å²) in [6.07, 6.45) is 1.25. The summed E-state index contributed by atoms with van der Waals surface area (Å²) in [7, 11) is 1.76. The van der Waals surface area contributed by atoms with Crippen LogP contribution < -0.4 is 5.32 Å². The summed E-state index contributed by atoms with van der Waals surface area (Å²) >= 11 is 0. The van der Waals surface area contributed by atoms with Crippen LogP contribution in [0, 0.1) is 5.92 Å². The molecular weight excluding hydrogens is 236 g/mol. The lowest BCUT2D eigenvalue weighted by molar-refractivity contribution is 0.0655. The molecule has 1 aliphatic heterocycles. The molecule has 114 valence electrons. The second kappa shape index (κ2) is 5.71. The Morgan fingerprint density at radius 1 is 1.21 bits per heavy atom. The Labute approximate surface area is 120 Å². The van der Waals surface area contributed by atoms with Crippen molar-refractivity contribution < 1.29 is 4.74 Å². The van der Waals surface area contributed by atoms with Gasteiger partial charge in [0.15, 0.2) is 0 Å². The Hall–Kier alpha value is -0.120. The van der Waals surface area contributed by atoms with Crippen LogP contribution >= 0.6 is 0 Å². The summed E-state index contributed by atoms with van der Waals surface area (Å²) in [6, 6.07) is 0. The highest BCUT2D eigenvalue weighted by Gasteiger charge is 2.47. The zero-order valence-electron chi connectivity index (χ0n) is 14.3. The number of methoxy groups -OCH3 is 1. The molecule has 3 heteroatoms. The summed E-state index contributed by atoms with van der Waals surface area (Å²) in [5.41, 5.74) is 0.680. The fourth-order valence-corrected chi connectivity index (χ4v) is 3.53. The van der Waals surface area contributed by atoms with Crippen LogP contribution in [0.25, 0.3) is 0 Å². The molecule has 0 aromatic carbocycles. The van der Waals surface area contributed by atoms with Gasteiger partial charge in [0.25, 0.3) is 0 Å². The lowest BCUT2D eigenvalue weighted by Gasteiger charge is -2.42. The first kappa shape index (κ1) is 16.9. The van der Waals surface area contributed by atoms with Crippen LogP contribution in [-0.2, 0) is 4.74 Å². The molecule has 1 heterocycles. The second-order valence-corrected chi connectivity index (χ2v) is 8.14. The zero-order chi connectivity index (χ0) is 14.9. The van der Waals surface area contributed by atoms with Crippen molar-refractivity contribution in [3.05, 3.63) is 0 Å². The fraction of sp³-hybridized carbons (Fsp3) is 1.00. The minimum absolute atomic E-state index is 0.162. The Bertz CT molecular complexity index is 292. The number of hydrogen-bond donors (Lipinski definition) is 1. The van der Waals surface area contributed by atoms with E-state index < -0.39 is 0 Å². The molecule has 0 aromatic heterocycles. The van der Waals surface area contributed by atoms with Gasteiger partial charge in [-0.15, -0.1) is 0 Å². The molecule has 1 atom stereocenters. The van der Waals surface area contributed by atoms with E-state index >= 15 is 0 Å². The predicted octanol–water partition coefficient (Wildman–Crippen LogP) is 2.90. The van der Waals surface area contributed by atoms with Crippen molar-refractivity contribution >= 4 is 0 Å². The third-order valence-corrected chi connectivity index (χ3v) is 4.60. The van der Waals surface area contributed by atoms with E-state index in [0.717, 1.165) is 13.2 Å². The maximum Gasteiger partial charge on any atom is 0.0587 e. The first-order chi connectivity index (χ1) is 8.50. The third-order valence-electron chi connectivity index (χ3n) is 4.60. The molecule has 3 nitrogen and oxygen atoms in total. The van der Waals surface area contributed by atoms with Gasteiger partial charge in [-0.3, -0.25) is 4.90 Å². The van der Waals surface area contributed by atoms with Crippen LogP contribution in [0.15, 0.2) is 0 Å². The van der Waals surface area contributed by atoms with E-state index in [1.807, 2.05) is 0 Å². The van der Waals surface area contributed by atoms with Gasteiger partial charge >= 0.3 is 0 Å². The molecule has 0 saturated carbocycles. The predicted molar refractivity (Wildman–Crippen MR) is 82.6 cm³/mol. The normalized spacial score (nSPS) is 24.9. The number of nitrogens with one attached hydrogen (secondary N) is 1. The molecule has 0 bridgehead atoms. The highest BCUT2D eigenvalue weighted by molar-refractivity contribution is 5.04. The number of rotatable bonds is 5. The molecule has 1 N–H and O–H groups in total. The van der Waals surface area contributed by atoms with E-state index in [0.29, 0.717) is 5.92 Å². The van der Waals surface area contributed by atoms with E-state index in [-0.39, 0.29) is 16.6 Å². The minimum atomic E-state index is 0.162. The molecule has 0 aliphatic carbocycles. The Morgan fingerprint density at radius 3 is 2.21 bits per heavy atom. The van der Waals surface area contributed by atoms with E-state index in [9.17, 15) is 0 Å². The summed E-state index contributed by atoms with van der Waals surface area (Å²) < 4.78 is 5.14. The van der Waals surface area contributed by atoms with E-state index in [1.54, 1.807) is 7.11 Å². The van der Waals surface area contributed by atoms with Gasteiger partial charge in [-0.05, 0) is 60.8 Å². The summed E-state index contributed by atoms with van der Waals surface area (Å²) in [5, 5.41) is 3.66. The molecule has 19 heavy (non-hydrogen) atoms. The second-order valence-electron chi connectivity index (χ2n) is 8.14. The van der Waals surface area contributed by atoms with Gasteiger partial charge in [0.05, 0.1) is 6.61 Å². The maximum atomic E-state index is 5.14. The van der Waals surface area contributed by atoms with Gasteiger partial charge in [-0.1, -0.05) is 0 Å². The van der Waals surface area contributed by atoms with Crippen molar-refractivity contribution in [3.63, 3.8) is 0 Å². The molecule has 1 rings (SSSR count). The molecule has 1 saturated heterocycles. The SMILES string of the molecule is COCCNC(C)(C)[C@H]1CN(C(C)(C)C)C(C)(C)C1. The molecule has 1 aliphatic rings. The lowest BCUT2D eigenvalue weighted by Crippen LogP contribution is -2.51. The topological polar surface area (TPSA) is 24.5 Å². The van der Waals surface area contributed by atoms with Crippen molar-refractivity contribution in [3.8, 4) is 0 Å². The van der Waals surface area contributed by atoms with Crippen molar-refractivity contribution in [2.24, 2.45) is 5.92 Å². The van der Waals surface area contributed by atoms with Crippen LogP contribution in [0.5, 0.6) is 0 Å². The number of likely N-dealkylation sites (tertiary alicyclic amines) is 1. The van der Waals surface area contributed by atoms with Crippen LogP contribution in [0.3, 0.4) is 0 Å². The summed E-state index contributed by atoms with van der Waals surface area (Å²) in [6.45, 7) is 19.3. The Kier molecular flexibility index (Phi) is 5.09. The first-order valence-electron chi connectivity index (χ1n) is 7.52. The third kappa shape index (κ3) is 4.17. The summed E-state index contributed by atoms with van der Waals surface area (Å²) in [5.74, 6) is 0.679. The van der Waals surface area contributed by atoms with Crippen molar-refractivity contribution in [1.29, 1.82) is 0 Å². The molecule has 0 radical (unpaired) electrons. The van der Waals surface area contributed by atoms with E-state index in [2.05, 4.69) is 58.7 Å². The van der Waals surface area contributed by atoms with Gasteiger partial charge < -0.3 is 10.1 Å². The molecule has 0 aromatic rings. The average Bonchev–Trinajstić information content (AvgIpc) is 2.54. The van der Waals surface area contributed by atoms with Crippen molar-refractivity contribution in [2.75, 3.05) is 26.8 Å². The molecule has 1 fully saturated rings. The van der Waals surface area contributed by atoms with Crippen molar-refractivity contribution in [1.82, 2.24) is 10.2 Å². The van der Waals surface area contributed by atoms with Gasteiger partial charge in [0.2, 0.25) is 0 Å². The van der Waals surface area contributed by atoms with E-state index in [1.165, 1.54) is 13.0 Å². The zero-order valence-corrected chi connectivity index (χ0v) is 14.3. The smallest absolute Gasteiger partial charge is 0.0587 e. The average molecular weight is 270 g/mol. The highest BCUT2D eigenvalue weighted by Crippen LogP contribution is 2.41. The van der Waals surface area contributed by atoms with Gasteiger partial charge in [-0.2, -0.15) is 0 Å². The largest absolute Gasteiger partial charge is 0.383 e. The lowest BCUT2D eigenvalue weighted by atomic mass is 9.83. The number of nitrogens with zero attached hydrogens (tertiary/aromatic N) is 1. The van der Waals surface area contributed by atoms with Gasteiger partial charge in [-0.25, -0.2) is 0 Å². The summed E-state index contributed by atoms with van der Waals surface area (Å²) in [4.78, 5) is 2.66. The maximum absolute atomic E-state index is 5.14. The molecular formula is C16H34N2O. The van der Waals surface area contributed by atoms with Crippen LogP contribution in [0.4, 0.5) is 0 Å². The Balaban J connectivity index is 2.72. The molecule has 0 unspecified atom stereocenters. The van der Waals surface area contributed by atoms with Crippen molar-refractivity contribution in [2.45, 2.75) is 71.5 Å². The molecule has 0 spiro atoms. The number of ether oxygens (including phenoxy) is 1. The van der Waals surface area contributed by atoms with Crippen LogP contribution in [-0.4, -0.2) is 48.3 Å². The standard InChI is InChI=1S/C16H34N2O/c1-14(2,3)18-12-13(11-15(18,4)5)16(6,7)17-9-10-19-8/h13,17H,9-12H2,1-8H3/t13-/m1/s1. The van der Waals surface area contributed by atoms with E-state index in [4.69, 9.17) is 4.74 Å². The first-order valence-corrected chi connectivity index (χ1v) is 7.52. The molecule has 0 amide bonds. The fourth-order valence-electron chi connectivity index (χ4n) is 3.53. The highest BCUT2D eigenvalue weighted by atomic mass is 16.5. The monoisotopic (exact) mass is 270 g/mol. The van der Waals surface area contributed by atoms with Crippen LogP contribution in [0.2, 0.25) is 0 Å². The minimum Gasteiger partial charge on any atom is -0.383 e. The van der Waals surface area contributed by atoms with Crippen LogP contribution in [0.1, 0.15) is 54.9 Å².